The van der Waals surface area contributed by atoms with Gasteiger partial charge in [0.05, 0.1) is 10.4 Å². The average Bonchev–Trinajstić information content (AvgIpc) is 3.11. The van der Waals surface area contributed by atoms with Crippen LogP contribution < -0.4 is 5.32 Å². The van der Waals surface area contributed by atoms with Crippen molar-refractivity contribution in [3.63, 3.8) is 0 Å². The van der Waals surface area contributed by atoms with Crippen molar-refractivity contribution in [3.8, 4) is 10.4 Å². The number of rotatable bonds is 4. The van der Waals surface area contributed by atoms with Gasteiger partial charge in [-0.05, 0) is 60.4 Å². The van der Waals surface area contributed by atoms with Crippen molar-refractivity contribution in [2.75, 3.05) is 16.8 Å². The Balaban J connectivity index is 1.76. The molecule has 1 saturated heterocycles. The zero-order chi connectivity index (χ0) is 18.8. The summed E-state index contributed by atoms with van der Waals surface area (Å²) in [5.74, 6) is 3.50. The van der Waals surface area contributed by atoms with E-state index >= 15 is 0 Å². The average molecular weight is 418 g/mol. The van der Waals surface area contributed by atoms with Gasteiger partial charge in [0.25, 0.3) is 0 Å². The van der Waals surface area contributed by atoms with Gasteiger partial charge in [-0.2, -0.15) is 16.9 Å². The molecule has 0 spiro atoms. The molecule has 0 bridgehead atoms. The number of thiophene rings is 1. The molecule has 1 aromatic carbocycles. The molecule has 0 saturated carbocycles. The van der Waals surface area contributed by atoms with Crippen LogP contribution in [0.25, 0.3) is 20.5 Å². The van der Waals surface area contributed by atoms with Gasteiger partial charge >= 0.3 is 0 Å². The van der Waals surface area contributed by atoms with Crippen LogP contribution in [0.4, 0.5) is 5.82 Å². The fourth-order valence-corrected chi connectivity index (χ4v) is 5.80. The predicted molar refractivity (Wildman–Crippen MR) is 116 cm³/mol. The van der Waals surface area contributed by atoms with Gasteiger partial charge in [-0.25, -0.2) is 0 Å². The second-order valence-electron chi connectivity index (χ2n) is 6.82. The molecular formula is C20H20ClN3OS2. The summed E-state index contributed by atoms with van der Waals surface area (Å²) in [4.78, 5) is 12.7. The van der Waals surface area contributed by atoms with E-state index in [1.54, 1.807) is 11.3 Å². The maximum atomic E-state index is 11.6. The Labute approximate surface area is 171 Å². The van der Waals surface area contributed by atoms with E-state index in [1.165, 1.54) is 31.3 Å². The van der Waals surface area contributed by atoms with E-state index in [0.717, 1.165) is 37.7 Å². The quantitative estimate of drug-likeness (QED) is 0.595. The first-order valence-corrected chi connectivity index (χ1v) is 11.4. The molecule has 3 heterocycles. The van der Waals surface area contributed by atoms with Crippen LogP contribution in [0.15, 0.2) is 30.3 Å². The Morgan fingerprint density at radius 3 is 2.81 bits per heavy atom. The van der Waals surface area contributed by atoms with E-state index in [-0.39, 0.29) is 5.91 Å². The number of carbonyl (C=O) groups excluding carboxylic acids is 1. The van der Waals surface area contributed by atoms with Crippen LogP contribution in [0.3, 0.4) is 0 Å². The normalized spacial score (nSPS) is 17.2. The van der Waals surface area contributed by atoms with Crippen molar-refractivity contribution >= 4 is 56.5 Å². The van der Waals surface area contributed by atoms with Gasteiger partial charge in [0.2, 0.25) is 5.91 Å². The van der Waals surface area contributed by atoms with Gasteiger partial charge in [-0.3, -0.25) is 4.79 Å². The number of anilines is 1. The number of fused-ring (bicyclic) bond motifs is 1. The van der Waals surface area contributed by atoms with Crippen LogP contribution >= 0.6 is 34.7 Å². The third-order valence-electron chi connectivity index (χ3n) is 4.69. The first kappa shape index (κ1) is 18.7. The van der Waals surface area contributed by atoms with Crippen LogP contribution in [-0.2, 0) is 11.2 Å². The molecule has 0 aliphatic carbocycles. The SMILES string of the molecule is CC(=O)Nc1nnc(CC2CCCSC2)c2cc(-c3ccc(Cl)cc3)sc12. The van der Waals surface area contributed by atoms with Crippen molar-refractivity contribution < 1.29 is 4.79 Å². The molecule has 7 heteroatoms. The Bertz CT molecular complexity index is 965. The first-order chi connectivity index (χ1) is 13.1. The van der Waals surface area contributed by atoms with E-state index < -0.39 is 0 Å². The molecule has 1 amide bonds. The number of thioether (sulfide) groups is 1. The predicted octanol–water partition coefficient (Wildman–Crippen LogP) is 5.66. The highest BCUT2D eigenvalue weighted by atomic mass is 35.5. The van der Waals surface area contributed by atoms with Gasteiger partial charge in [0.1, 0.15) is 0 Å². The number of halogens is 1. The number of carbonyl (C=O) groups is 1. The van der Waals surface area contributed by atoms with Crippen molar-refractivity contribution in [2.45, 2.75) is 26.2 Å². The molecule has 140 valence electrons. The third-order valence-corrected chi connectivity index (χ3v) is 7.42. The molecule has 4 rings (SSSR count). The Hall–Kier alpha value is -1.63. The fourth-order valence-electron chi connectivity index (χ4n) is 3.39. The Morgan fingerprint density at radius 1 is 1.30 bits per heavy atom. The molecular weight excluding hydrogens is 398 g/mol. The summed E-state index contributed by atoms with van der Waals surface area (Å²) in [7, 11) is 0. The lowest BCUT2D eigenvalue weighted by molar-refractivity contribution is -0.114. The van der Waals surface area contributed by atoms with E-state index in [0.29, 0.717) is 11.7 Å². The lowest BCUT2D eigenvalue weighted by atomic mass is 9.98. The van der Waals surface area contributed by atoms with Crippen molar-refractivity contribution in [1.29, 1.82) is 0 Å². The first-order valence-electron chi connectivity index (χ1n) is 9.00. The maximum Gasteiger partial charge on any atom is 0.222 e. The zero-order valence-electron chi connectivity index (χ0n) is 15.0. The standard InChI is InChI=1S/C20H20ClN3OS2/c1-12(25)22-20-19-16(10-18(27-19)14-4-6-15(21)7-5-14)17(23-24-20)9-13-3-2-8-26-11-13/h4-7,10,13H,2-3,8-9,11H2,1H3,(H,22,24,25). The number of amides is 1. The van der Waals surface area contributed by atoms with Crippen LogP contribution in [0.5, 0.6) is 0 Å². The summed E-state index contributed by atoms with van der Waals surface area (Å²) in [6.07, 6.45) is 3.46. The van der Waals surface area contributed by atoms with Crippen molar-refractivity contribution in [1.82, 2.24) is 10.2 Å². The number of hydrogen-bond acceptors (Lipinski definition) is 5. The number of nitrogens with zero attached hydrogens (tertiary/aromatic N) is 2. The zero-order valence-corrected chi connectivity index (χ0v) is 17.4. The molecule has 4 nitrogen and oxygen atoms in total. The monoisotopic (exact) mass is 417 g/mol. The molecule has 1 unspecified atom stereocenters. The summed E-state index contributed by atoms with van der Waals surface area (Å²) in [5, 5.41) is 13.5. The largest absolute Gasteiger partial charge is 0.308 e. The number of benzene rings is 1. The minimum atomic E-state index is -0.136. The highest BCUT2D eigenvalue weighted by Crippen LogP contribution is 2.39. The highest BCUT2D eigenvalue weighted by Gasteiger charge is 2.20. The Kier molecular flexibility index (Phi) is 5.66. The lowest BCUT2D eigenvalue weighted by Crippen LogP contribution is -2.15. The smallest absolute Gasteiger partial charge is 0.222 e. The van der Waals surface area contributed by atoms with Crippen molar-refractivity contribution in [3.05, 3.63) is 41.0 Å². The van der Waals surface area contributed by atoms with E-state index in [9.17, 15) is 4.79 Å². The number of nitrogens with one attached hydrogen (secondary N) is 1. The van der Waals surface area contributed by atoms with Gasteiger partial charge < -0.3 is 5.32 Å². The molecule has 27 heavy (non-hydrogen) atoms. The summed E-state index contributed by atoms with van der Waals surface area (Å²) < 4.78 is 0.989. The second-order valence-corrected chi connectivity index (χ2v) is 9.46. The lowest BCUT2D eigenvalue weighted by Gasteiger charge is -2.20. The molecule has 3 aromatic rings. The maximum absolute atomic E-state index is 11.6. The highest BCUT2D eigenvalue weighted by molar-refractivity contribution is 7.99. The van der Waals surface area contributed by atoms with Gasteiger partial charge in [-0.15, -0.1) is 16.4 Å². The molecule has 1 atom stereocenters. The molecule has 1 N–H and O–H groups in total. The summed E-state index contributed by atoms with van der Waals surface area (Å²) in [5.41, 5.74) is 2.14. The third kappa shape index (κ3) is 4.28. The van der Waals surface area contributed by atoms with Gasteiger partial charge in [0.15, 0.2) is 5.82 Å². The van der Waals surface area contributed by atoms with Gasteiger partial charge in [0, 0.05) is 22.2 Å². The van der Waals surface area contributed by atoms with Crippen LogP contribution in [0.2, 0.25) is 5.02 Å². The molecule has 1 aliphatic rings. The van der Waals surface area contributed by atoms with Crippen LogP contribution in [0, 0.1) is 5.92 Å². The number of hydrogen-bond donors (Lipinski definition) is 1. The van der Waals surface area contributed by atoms with E-state index in [2.05, 4.69) is 21.6 Å². The van der Waals surface area contributed by atoms with E-state index in [4.69, 9.17) is 11.6 Å². The molecule has 1 aliphatic heterocycles. The van der Waals surface area contributed by atoms with Crippen LogP contribution in [-0.4, -0.2) is 27.6 Å². The fraction of sp³-hybridized carbons (Fsp3) is 0.350. The summed E-state index contributed by atoms with van der Waals surface area (Å²) in [6.45, 7) is 1.49. The van der Waals surface area contributed by atoms with Gasteiger partial charge in [-0.1, -0.05) is 23.7 Å². The van der Waals surface area contributed by atoms with E-state index in [1.807, 2.05) is 36.0 Å². The summed E-state index contributed by atoms with van der Waals surface area (Å²) in [6, 6.07) is 10.0. The Morgan fingerprint density at radius 2 is 2.11 bits per heavy atom. The minimum Gasteiger partial charge on any atom is -0.308 e. The van der Waals surface area contributed by atoms with Crippen LogP contribution in [0.1, 0.15) is 25.5 Å². The van der Waals surface area contributed by atoms with Crippen molar-refractivity contribution in [2.24, 2.45) is 5.92 Å². The number of aromatic nitrogens is 2. The summed E-state index contributed by atoms with van der Waals surface area (Å²) >= 11 is 9.69. The topological polar surface area (TPSA) is 54.9 Å². The molecule has 2 aromatic heterocycles. The molecule has 0 radical (unpaired) electrons. The molecule has 1 fully saturated rings. The second kappa shape index (κ2) is 8.17. The minimum absolute atomic E-state index is 0.136.